The van der Waals surface area contributed by atoms with E-state index in [2.05, 4.69) is 4.99 Å². The molecule has 0 unspecified atom stereocenters. The van der Waals surface area contributed by atoms with Gasteiger partial charge in [0.15, 0.2) is 0 Å². The molecule has 0 atom stereocenters. The summed E-state index contributed by atoms with van der Waals surface area (Å²) in [5, 5.41) is 0. The van der Waals surface area contributed by atoms with Crippen molar-refractivity contribution in [2.24, 2.45) is 4.99 Å². The first-order chi connectivity index (χ1) is 5.95. The highest BCUT2D eigenvalue weighted by Crippen LogP contribution is 2.25. The van der Waals surface area contributed by atoms with Crippen LogP contribution >= 0.6 is 23.5 Å². The third kappa shape index (κ3) is 2.08. The van der Waals surface area contributed by atoms with Crippen LogP contribution < -0.4 is 0 Å². The molecule has 0 radical (unpaired) electrons. The highest BCUT2D eigenvalue weighted by molar-refractivity contribution is 8.38. The van der Waals surface area contributed by atoms with Crippen molar-refractivity contribution < 1.29 is 4.42 Å². The second-order valence-corrected chi connectivity index (χ2v) is 4.67. The van der Waals surface area contributed by atoms with Crippen LogP contribution in [0.5, 0.6) is 0 Å². The van der Waals surface area contributed by atoms with Crippen LogP contribution in [-0.2, 0) is 5.75 Å². The van der Waals surface area contributed by atoms with E-state index in [-0.39, 0.29) is 0 Å². The number of hydrogen-bond acceptors (Lipinski definition) is 4. The topological polar surface area (TPSA) is 25.5 Å². The van der Waals surface area contributed by atoms with Gasteiger partial charge in [-0.05, 0) is 12.1 Å². The largest absolute Gasteiger partial charge is 0.468 e. The normalized spacial score (nSPS) is 16.5. The predicted molar refractivity (Wildman–Crippen MR) is 54.8 cm³/mol. The first-order valence-electron chi connectivity index (χ1n) is 3.77. The molecule has 0 amide bonds. The number of furan rings is 1. The molecule has 2 nitrogen and oxygen atoms in total. The van der Waals surface area contributed by atoms with Gasteiger partial charge in [0.1, 0.15) is 10.1 Å². The Morgan fingerprint density at radius 3 is 3.33 bits per heavy atom. The van der Waals surface area contributed by atoms with E-state index in [0.29, 0.717) is 0 Å². The van der Waals surface area contributed by atoms with E-state index in [1.54, 1.807) is 18.0 Å². The Bertz CT molecular complexity index is 269. The molecule has 12 heavy (non-hydrogen) atoms. The van der Waals surface area contributed by atoms with Gasteiger partial charge in [0.25, 0.3) is 0 Å². The van der Waals surface area contributed by atoms with Crippen molar-refractivity contribution in [1.29, 1.82) is 0 Å². The monoisotopic (exact) mass is 199 g/mol. The minimum Gasteiger partial charge on any atom is -0.468 e. The van der Waals surface area contributed by atoms with E-state index in [9.17, 15) is 0 Å². The van der Waals surface area contributed by atoms with Gasteiger partial charge in [-0.1, -0.05) is 23.5 Å². The lowest BCUT2D eigenvalue weighted by Gasteiger charge is -1.95. The van der Waals surface area contributed by atoms with Crippen molar-refractivity contribution in [2.75, 3.05) is 12.3 Å². The lowest BCUT2D eigenvalue weighted by molar-refractivity contribution is 0.530. The van der Waals surface area contributed by atoms with E-state index in [0.717, 1.165) is 23.8 Å². The molecule has 0 saturated heterocycles. The summed E-state index contributed by atoms with van der Waals surface area (Å²) >= 11 is 3.60. The molecule has 2 rings (SSSR count). The standard InChI is InChI=1S/C8H9NOS2/c1-2-7(10-4-1)6-12-8-9-3-5-11-8/h1-2,4H,3,5-6H2. The summed E-state index contributed by atoms with van der Waals surface area (Å²) in [4.78, 5) is 4.34. The Morgan fingerprint density at radius 1 is 1.67 bits per heavy atom. The SMILES string of the molecule is c1coc(CSC2=NCCS2)c1. The van der Waals surface area contributed by atoms with E-state index in [1.165, 1.54) is 4.38 Å². The summed E-state index contributed by atoms with van der Waals surface area (Å²) in [6.07, 6.45) is 1.71. The van der Waals surface area contributed by atoms with Gasteiger partial charge in [0.2, 0.25) is 0 Å². The van der Waals surface area contributed by atoms with E-state index < -0.39 is 0 Å². The maximum atomic E-state index is 5.21. The fraction of sp³-hybridized carbons (Fsp3) is 0.375. The molecular formula is C8H9NOS2. The molecule has 0 spiro atoms. The van der Waals surface area contributed by atoms with E-state index >= 15 is 0 Å². The van der Waals surface area contributed by atoms with Crippen molar-refractivity contribution in [3.05, 3.63) is 24.2 Å². The van der Waals surface area contributed by atoms with Crippen molar-refractivity contribution in [2.45, 2.75) is 5.75 Å². The van der Waals surface area contributed by atoms with Crippen LogP contribution in [0, 0.1) is 0 Å². The highest BCUT2D eigenvalue weighted by Gasteiger charge is 2.07. The summed E-state index contributed by atoms with van der Waals surface area (Å²) in [6, 6.07) is 3.91. The van der Waals surface area contributed by atoms with E-state index in [4.69, 9.17) is 4.42 Å². The molecular weight excluding hydrogens is 190 g/mol. The quantitative estimate of drug-likeness (QED) is 0.732. The molecule has 64 valence electrons. The summed E-state index contributed by atoms with van der Waals surface area (Å²) in [5.74, 6) is 3.06. The van der Waals surface area contributed by atoms with Crippen LogP contribution in [0.1, 0.15) is 5.76 Å². The van der Waals surface area contributed by atoms with Crippen LogP contribution in [-0.4, -0.2) is 16.7 Å². The zero-order chi connectivity index (χ0) is 8.23. The van der Waals surface area contributed by atoms with Gasteiger partial charge in [0, 0.05) is 5.75 Å². The van der Waals surface area contributed by atoms with E-state index in [1.807, 2.05) is 23.9 Å². The Labute approximate surface area is 79.8 Å². The summed E-state index contributed by atoms with van der Waals surface area (Å²) in [7, 11) is 0. The van der Waals surface area contributed by atoms with Crippen LogP contribution in [0.2, 0.25) is 0 Å². The lowest BCUT2D eigenvalue weighted by Crippen LogP contribution is -1.81. The smallest absolute Gasteiger partial charge is 0.125 e. The number of hydrogen-bond donors (Lipinski definition) is 0. The zero-order valence-electron chi connectivity index (χ0n) is 6.53. The van der Waals surface area contributed by atoms with Gasteiger partial charge >= 0.3 is 0 Å². The highest BCUT2D eigenvalue weighted by atomic mass is 32.2. The van der Waals surface area contributed by atoms with Gasteiger partial charge in [-0.2, -0.15) is 0 Å². The fourth-order valence-corrected chi connectivity index (χ4v) is 2.84. The molecule has 0 bridgehead atoms. The van der Waals surface area contributed by atoms with Crippen LogP contribution in [0.4, 0.5) is 0 Å². The van der Waals surface area contributed by atoms with Gasteiger partial charge in [-0.25, -0.2) is 0 Å². The van der Waals surface area contributed by atoms with Gasteiger partial charge in [0.05, 0.1) is 18.6 Å². The molecule has 0 aromatic carbocycles. The van der Waals surface area contributed by atoms with Crippen molar-refractivity contribution in [1.82, 2.24) is 0 Å². The Kier molecular flexibility index (Phi) is 2.79. The molecule has 1 aromatic rings. The number of thioether (sulfide) groups is 2. The number of nitrogens with zero attached hydrogens (tertiary/aromatic N) is 1. The van der Waals surface area contributed by atoms with Crippen molar-refractivity contribution in [3.8, 4) is 0 Å². The van der Waals surface area contributed by atoms with Crippen LogP contribution in [0.15, 0.2) is 27.8 Å². The maximum Gasteiger partial charge on any atom is 0.125 e. The predicted octanol–water partition coefficient (Wildman–Crippen LogP) is 2.62. The summed E-state index contributed by atoms with van der Waals surface area (Å²) < 4.78 is 6.41. The Morgan fingerprint density at radius 2 is 2.67 bits per heavy atom. The Hall–Kier alpha value is -0.350. The Balaban J connectivity index is 1.82. The molecule has 0 aliphatic carbocycles. The average molecular weight is 199 g/mol. The third-order valence-corrected chi connectivity index (χ3v) is 3.75. The number of rotatable bonds is 2. The molecule has 2 heterocycles. The minimum atomic E-state index is 0.902. The number of aliphatic imine (C=N–C) groups is 1. The summed E-state index contributed by atoms with van der Waals surface area (Å²) in [5.41, 5.74) is 0. The average Bonchev–Trinajstić information content (AvgIpc) is 2.74. The molecule has 0 fully saturated rings. The van der Waals surface area contributed by atoms with Crippen molar-refractivity contribution >= 4 is 27.9 Å². The zero-order valence-corrected chi connectivity index (χ0v) is 8.16. The van der Waals surface area contributed by atoms with Crippen molar-refractivity contribution in [3.63, 3.8) is 0 Å². The third-order valence-electron chi connectivity index (χ3n) is 1.48. The van der Waals surface area contributed by atoms with Crippen LogP contribution in [0.25, 0.3) is 0 Å². The first-order valence-corrected chi connectivity index (χ1v) is 5.75. The second kappa shape index (κ2) is 4.05. The minimum absolute atomic E-state index is 0.902. The molecule has 0 saturated carbocycles. The lowest BCUT2D eigenvalue weighted by atomic mass is 10.5. The first kappa shape index (κ1) is 8.26. The molecule has 1 aliphatic rings. The maximum absolute atomic E-state index is 5.21. The second-order valence-electron chi connectivity index (χ2n) is 2.36. The molecule has 0 N–H and O–H groups in total. The fourth-order valence-electron chi connectivity index (χ4n) is 0.930. The molecule has 4 heteroatoms. The van der Waals surface area contributed by atoms with Gasteiger partial charge < -0.3 is 4.42 Å². The van der Waals surface area contributed by atoms with Gasteiger partial charge in [-0.15, -0.1) is 0 Å². The molecule has 1 aromatic heterocycles. The molecule has 1 aliphatic heterocycles. The summed E-state index contributed by atoms with van der Waals surface area (Å²) in [6.45, 7) is 0.977. The van der Waals surface area contributed by atoms with Crippen LogP contribution in [0.3, 0.4) is 0 Å². The van der Waals surface area contributed by atoms with Gasteiger partial charge in [-0.3, -0.25) is 4.99 Å².